The summed E-state index contributed by atoms with van der Waals surface area (Å²) in [6, 6.07) is 6.65. The molecular formula is C23H26ClN5O5S. The van der Waals surface area contributed by atoms with Gasteiger partial charge in [-0.1, -0.05) is 17.7 Å². The van der Waals surface area contributed by atoms with E-state index in [1.165, 1.54) is 16.2 Å². The van der Waals surface area contributed by atoms with Gasteiger partial charge in [0.25, 0.3) is 11.9 Å². The van der Waals surface area contributed by atoms with E-state index in [9.17, 15) is 14.4 Å². The average molecular weight is 520 g/mol. The van der Waals surface area contributed by atoms with Gasteiger partial charge in [0, 0.05) is 24.0 Å². The molecule has 10 nitrogen and oxygen atoms in total. The van der Waals surface area contributed by atoms with Crippen molar-refractivity contribution in [1.29, 1.82) is 0 Å². The highest BCUT2D eigenvalue weighted by molar-refractivity contribution is 7.14. The van der Waals surface area contributed by atoms with Crippen molar-refractivity contribution >= 4 is 46.6 Å². The summed E-state index contributed by atoms with van der Waals surface area (Å²) >= 11 is 7.44. The van der Waals surface area contributed by atoms with E-state index in [0.717, 1.165) is 5.01 Å². The second kappa shape index (κ2) is 9.82. The number of H-pyrrole nitrogens is 1. The highest BCUT2D eigenvalue weighted by atomic mass is 35.5. The van der Waals surface area contributed by atoms with Crippen LogP contribution in [0.15, 0.2) is 33.6 Å². The highest BCUT2D eigenvalue weighted by Crippen LogP contribution is 2.35. The van der Waals surface area contributed by atoms with Gasteiger partial charge in [-0.05, 0) is 63.9 Å². The van der Waals surface area contributed by atoms with Gasteiger partial charge in [0.1, 0.15) is 10.5 Å². The van der Waals surface area contributed by atoms with E-state index in [2.05, 4.69) is 19.6 Å². The normalized spacial score (nSPS) is 14.7. The molecule has 1 aliphatic heterocycles. The molecule has 4 rings (SSSR count). The van der Waals surface area contributed by atoms with Crippen LogP contribution in [-0.2, 0) is 4.74 Å². The van der Waals surface area contributed by atoms with Crippen LogP contribution >= 0.6 is 22.9 Å². The number of hydrogen-bond donors (Lipinski definition) is 1. The van der Waals surface area contributed by atoms with E-state index in [1.807, 2.05) is 20.8 Å². The summed E-state index contributed by atoms with van der Waals surface area (Å²) in [7, 11) is 0. The quantitative estimate of drug-likeness (QED) is 0.521. The lowest BCUT2D eigenvalue weighted by Gasteiger charge is -2.32. The molecule has 1 saturated heterocycles. The Morgan fingerprint density at radius 2 is 2.00 bits per heavy atom. The van der Waals surface area contributed by atoms with Gasteiger partial charge in [0.2, 0.25) is 0 Å². The fourth-order valence-electron chi connectivity index (χ4n) is 3.80. The maximum atomic E-state index is 13.6. The van der Waals surface area contributed by atoms with Crippen molar-refractivity contribution in [3.8, 4) is 0 Å². The second-order valence-electron chi connectivity index (χ2n) is 9.25. The lowest BCUT2D eigenvalue weighted by molar-refractivity contribution is 0.0204. The van der Waals surface area contributed by atoms with Crippen LogP contribution in [0.4, 0.5) is 16.4 Å². The molecule has 0 aliphatic carbocycles. The third-order valence-electron chi connectivity index (χ3n) is 5.41. The van der Waals surface area contributed by atoms with Crippen molar-refractivity contribution in [3.63, 3.8) is 0 Å². The molecule has 1 aliphatic rings. The van der Waals surface area contributed by atoms with Crippen LogP contribution in [-0.4, -0.2) is 50.7 Å². The number of benzene rings is 1. The van der Waals surface area contributed by atoms with Crippen LogP contribution in [0, 0.1) is 6.92 Å². The molecule has 2 amide bonds. The predicted molar refractivity (Wildman–Crippen MR) is 132 cm³/mol. The molecule has 3 heterocycles. The maximum absolute atomic E-state index is 13.6. The molecule has 1 fully saturated rings. The molecule has 35 heavy (non-hydrogen) atoms. The number of likely N-dealkylation sites (tertiary alicyclic amines) is 1. The number of nitrogens with one attached hydrogen (secondary N) is 1. The van der Waals surface area contributed by atoms with Crippen molar-refractivity contribution in [1.82, 2.24) is 20.0 Å². The Morgan fingerprint density at radius 1 is 1.29 bits per heavy atom. The Kier molecular flexibility index (Phi) is 7.00. The van der Waals surface area contributed by atoms with Gasteiger partial charge >= 0.3 is 11.8 Å². The first kappa shape index (κ1) is 24.9. The number of nitrogens with zero attached hydrogens (tertiary/aromatic N) is 4. The molecule has 12 heteroatoms. The first-order chi connectivity index (χ1) is 16.5. The van der Waals surface area contributed by atoms with Crippen molar-refractivity contribution in [2.24, 2.45) is 0 Å². The topological polar surface area (TPSA) is 122 Å². The van der Waals surface area contributed by atoms with E-state index in [4.69, 9.17) is 16.3 Å². The molecule has 0 radical (unpaired) electrons. The number of halogens is 1. The van der Waals surface area contributed by atoms with Gasteiger partial charge in [0.15, 0.2) is 0 Å². The van der Waals surface area contributed by atoms with E-state index in [1.54, 1.807) is 36.1 Å². The highest BCUT2D eigenvalue weighted by Gasteiger charge is 2.32. The van der Waals surface area contributed by atoms with Crippen LogP contribution in [0.2, 0.25) is 5.02 Å². The Balaban J connectivity index is 1.55. The Bertz CT molecular complexity index is 1290. The van der Waals surface area contributed by atoms with Crippen LogP contribution in [0.5, 0.6) is 0 Å². The maximum Gasteiger partial charge on any atom is 0.440 e. The van der Waals surface area contributed by atoms with Crippen molar-refractivity contribution in [3.05, 3.63) is 55.4 Å². The number of aromatic nitrogens is 3. The molecule has 1 N–H and O–H groups in total. The number of amides is 2. The SMILES string of the molecule is Cc1nc(C2CCN(C(=O)OC(C)(C)C)CC2)sc1C(=O)N(c1cccc(Cl)c1)c1noc(=O)[nH]1. The molecule has 2 aromatic heterocycles. The summed E-state index contributed by atoms with van der Waals surface area (Å²) in [4.78, 5) is 48.1. The van der Waals surface area contributed by atoms with E-state index in [0.29, 0.717) is 47.2 Å². The summed E-state index contributed by atoms with van der Waals surface area (Å²) in [6.45, 7) is 8.40. The van der Waals surface area contributed by atoms with Crippen LogP contribution in [0.25, 0.3) is 0 Å². The number of anilines is 2. The molecule has 3 aromatic rings. The van der Waals surface area contributed by atoms with Gasteiger partial charge in [-0.15, -0.1) is 11.3 Å². The number of ether oxygens (including phenoxy) is 1. The summed E-state index contributed by atoms with van der Waals surface area (Å²) in [6.07, 6.45) is 1.11. The first-order valence-corrected chi connectivity index (χ1v) is 12.3. The van der Waals surface area contributed by atoms with Crippen molar-refractivity contribution < 1.29 is 18.8 Å². The van der Waals surface area contributed by atoms with Gasteiger partial charge in [0.05, 0.1) is 16.4 Å². The van der Waals surface area contributed by atoms with Gasteiger partial charge in [-0.3, -0.25) is 14.3 Å². The van der Waals surface area contributed by atoms with Gasteiger partial charge in [-0.2, -0.15) is 0 Å². The number of carbonyl (C=O) groups excluding carboxylic acids is 2. The number of piperidine rings is 1. The average Bonchev–Trinajstić information content (AvgIpc) is 3.38. The Hall–Kier alpha value is -3.18. The summed E-state index contributed by atoms with van der Waals surface area (Å²) in [5.41, 5.74) is 0.452. The molecule has 0 saturated carbocycles. The second-order valence-corrected chi connectivity index (χ2v) is 10.7. The van der Waals surface area contributed by atoms with Crippen LogP contribution in [0.3, 0.4) is 0 Å². The number of aromatic amines is 1. The molecular weight excluding hydrogens is 494 g/mol. The fraction of sp³-hybridized carbons (Fsp3) is 0.435. The Labute approximate surface area is 210 Å². The lowest BCUT2D eigenvalue weighted by Crippen LogP contribution is -2.41. The van der Waals surface area contributed by atoms with Crippen LogP contribution < -0.4 is 10.7 Å². The number of carbonyl (C=O) groups is 2. The standard InChI is InChI=1S/C23H26ClN5O5S/c1-13-17(19(30)29(20-26-21(31)34-27-20)16-7-5-6-15(24)12-16)35-18(25-13)14-8-10-28(11-9-14)22(32)33-23(2,3)4/h5-7,12,14H,8-11H2,1-4H3,(H,26,27,31). The molecule has 1 aromatic carbocycles. The summed E-state index contributed by atoms with van der Waals surface area (Å²) in [5, 5.41) is 4.95. The zero-order valence-electron chi connectivity index (χ0n) is 19.8. The minimum absolute atomic E-state index is 0.0534. The van der Waals surface area contributed by atoms with Gasteiger partial charge in [-0.25, -0.2) is 19.5 Å². The molecule has 0 unspecified atom stereocenters. The summed E-state index contributed by atoms with van der Waals surface area (Å²) in [5.74, 6) is -1.13. The third-order valence-corrected chi connectivity index (χ3v) is 6.96. The number of hydrogen-bond acceptors (Lipinski definition) is 8. The number of aryl methyl sites for hydroxylation is 1. The molecule has 0 bridgehead atoms. The Morgan fingerprint density at radius 3 is 2.60 bits per heavy atom. The number of thiazole rings is 1. The van der Waals surface area contributed by atoms with Crippen LogP contribution in [0.1, 0.15) is 59.9 Å². The monoisotopic (exact) mass is 519 g/mol. The minimum Gasteiger partial charge on any atom is -0.444 e. The smallest absolute Gasteiger partial charge is 0.440 e. The van der Waals surface area contributed by atoms with E-state index < -0.39 is 17.3 Å². The summed E-state index contributed by atoms with van der Waals surface area (Å²) < 4.78 is 10.1. The first-order valence-electron chi connectivity index (χ1n) is 11.1. The molecule has 0 spiro atoms. The van der Waals surface area contributed by atoms with Gasteiger partial charge < -0.3 is 9.64 Å². The zero-order valence-corrected chi connectivity index (χ0v) is 21.4. The van der Waals surface area contributed by atoms with Crippen molar-refractivity contribution in [2.45, 2.75) is 52.1 Å². The predicted octanol–water partition coefficient (Wildman–Crippen LogP) is 4.87. The third kappa shape index (κ3) is 5.73. The van der Waals surface area contributed by atoms with E-state index in [-0.39, 0.29) is 18.0 Å². The fourth-order valence-corrected chi connectivity index (χ4v) is 5.15. The lowest BCUT2D eigenvalue weighted by atomic mass is 9.98. The zero-order chi connectivity index (χ0) is 25.3. The molecule has 0 atom stereocenters. The molecule has 186 valence electrons. The number of rotatable bonds is 4. The minimum atomic E-state index is -0.779. The van der Waals surface area contributed by atoms with E-state index >= 15 is 0 Å². The van der Waals surface area contributed by atoms with Crippen molar-refractivity contribution in [2.75, 3.05) is 18.0 Å². The largest absolute Gasteiger partial charge is 0.444 e.